The monoisotopic (exact) mass is 391 g/mol. The number of benzene rings is 2. The zero-order valence-corrected chi connectivity index (χ0v) is 16.8. The number of carbonyl (C=O) groups excluding carboxylic acids is 1. The molecular weight excluding hydrogens is 370 g/mol. The smallest absolute Gasteiger partial charge is 0.277 e. The maximum atomic E-state index is 12.8. The Morgan fingerprint density at radius 2 is 1.86 bits per heavy atom. The Morgan fingerprint density at radius 3 is 2.61 bits per heavy atom. The molecule has 28 heavy (non-hydrogen) atoms. The van der Waals surface area contributed by atoms with E-state index in [4.69, 9.17) is 4.42 Å². The average Bonchev–Trinajstić information content (AvgIpc) is 3.30. The number of hydrogen-bond acceptors (Lipinski definition) is 5. The lowest BCUT2D eigenvalue weighted by Crippen LogP contribution is -2.03. The number of rotatable bonds is 6. The van der Waals surface area contributed by atoms with E-state index in [9.17, 15) is 4.79 Å². The molecule has 0 atom stereocenters. The second-order valence-corrected chi connectivity index (χ2v) is 7.96. The van der Waals surface area contributed by atoms with E-state index in [0.29, 0.717) is 17.0 Å². The largest absolute Gasteiger partial charge is 0.411 e. The number of hydrogen-bond donors (Lipinski definition) is 1. The number of nitrogens with zero attached hydrogens (tertiary/aromatic N) is 2. The van der Waals surface area contributed by atoms with Gasteiger partial charge in [0.05, 0.1) is 5.75 Å². The molecule has 6 heteroatoms. The number of carbonyl (C=O) groups is 1. The Hall–Kier alpha value is -2.86. The molecule has 0 bridgehead atoms. The van der Waals surface area contributed by atoms with Gasteiger partial charge in [0.1, 0.15) is 0 Å². The van der Waals surface area contributed by atoms with Crippen molar-refractivity contribution in [2.75, 3.05) is 5.75 Å². The highest BCUT2D eigenvalue weighted by atomic mass is 32.2. The van der Waals surface area contributed by atoms with Gasteiger partial charge in [-0.25, -0.2) is 0 Å². The van der Waals surface area contributed by atoms with Crippen molar-refractivity contribution in [1.29, 1.82) is 0 Å². The molecule has 5 nitrogen and oxygen atoms in total. The molecule has 0 aliphatic rings. The highest BCUT2D eigenvalue weighted by Gasteiger charge is 2.18. The minimum atomic E-state index is 0.0426. The summed E-state index contributed by atoms with van der Waals surface area (Å²) in [5.41, 5.74) is 4.72. The quantitative estimate of drug-likeness (QED) is 0.341. The Bertz CT molecular complexity index is 1130. The number of Topliss-reactive ketones (excluding diaryl/α,β-unsaturated/α-hetero) is 1. The van der Waals surface area contributed by atoms with E-state index in [0.717, 1.165) is 27.7 Å². The number of aromatic nitrogens is 3. The lowest BCUT2D eigenvalue weighted by atomic mass is 10.0. The lowest BCUT2D eigenvalue weighted by Gasteiger charge is -2.04. The zero-order valence-electron chi connectivity index (χ0n) is 16.0. The van der Waals surface area contributed by atoms with Crippen LogP contribution in [0.4, 0.5) is 0 Å². The number of thioether (sulfide) groups is 1. The molecule has 142 valence electrons. The molecule has 4 aromatic rings. The number of H-pyrrole nitrogens is 1. The number of para-hydroxylation sites is 1. The van der Waals surface area contributed by atoms with Gasteiger partial charge >= 0.3 is 0 Å². The summed E-state index contributed by atoms with van der Waals surface area (Å²) in [6.45, 7) is 6.23. The zero-order chi connectivity index (χ0) is 19.7. The van der Waals surface area contributed by atoms with Gasteiger partial charge in [0.15, 0.2) is 5.78 Å². The predicted molar refractivity (Wildman–Crippen MR) is 112 cm³/mol. The van der Waals surface area contributed by atoms with Gasteiger partial charge in [-0.05, 0) is 36.6 Å². The second-order valence-electron chi connectivity index (χ2n) is 7.03. The predicted octanol–water partition coefficient (Wildman–Crippen LogP) is 5.62. The van der Waals surface area contributed by atoms with Gasteiger partial charge in [0, 0.05) is 27.7 Å². The number of aryl methyl sites for hydroxylation is 1. The summed E-state index contributed by atoms with van der Waals surface area (Å²) >= 11 is 1.26. The summed E-state index contributed by atoms with van der Waals surface area (Å²) in [7, 11) is 0. The third-order valence-electron chi connectivity index (χ3n) is 4.73. The van der Waals surface area contributed by atoms with Crippen molar-refractivity contribution in [1.82, 2.24) is 15.2 Å². The van der Waals surface area contributed by atoms with Crippen LogP contribution in [-0.2, 0) is 0 Å². The topological polar surface area (TPSA) is 71.8 Å². The van der Waals surface area contributed by atoms with Crippen molar-refractivity contribution >= 4 is 28.4 Å². The summed E-state index contributed by atoms with van der Waals surface area (Å²) in [6.07, 6.45) is 0. The van der Waals surface area contributed by atoms with E-state index in [-0.39, 0.29) is 11.5 Å². The minimum absolute atomic E-state index is 0.0426. The molecule has 2 aromatic carbocycles. The van der Waals surface area contributed by atoms with Crippen LogP contribution in [0.5, 0.6) is 0 Å². The van der Waals surface area contributed by atoms with Crippen molar-refractivity contribution in [2.45, 2.75) is 31.9 Å². The van der Waals surface area contributed by atoms with Crippen LogP contribution in [0.1, 0.15) is 41.4 Å². The van der Waals surface area contributed by atoms with Crippen LogP contribution in [-0.4, -0.2) is 26.7 Å². The van der Waals surface area contributed by atoms with Crippen molar-refractivity contribution in [3.63, 3.8) is 0 Å². The van der Waals surface area contributed by atoms with Crippen LogP contribution in [0.2, 0.25) is 0 Å². The summed E-state index contributed by atoms with van der Waals surface area (Å²) in [5.74, 6) is 1.23. The van der Waals surface area contributed by atoms with Crippen LogP contribution in [0.25, 0.3) is 22.4 Å². The SMILES string of the molecule is Cc1[nH]c2ccccc2c1C(=O)CSc1nnc(-c2ccc(C(C)C)cc2)o1. The first kappa shape index (κ1) is 18.5. The van der Waals surface area contributed by atoms with E-state index < -0.39 is 0 Å². The Balaban J connectivity index is 1.47. The van der Waals surface area contributed by atoms with E-state index in [1.54, 1.807) is 0 Å². The number of aromatic amines is 1. The van der Waals surface area contributed by atoms with E-state index in [1.165, 1.54) is 17.3 Å². The molecule has 0 amide bonds. The van der Waals surface area contributed by atoms with Crippen molar-refractivity contribution in [3.8, 4) is 11.5 Å². The first-order valence-corrected chi connectivity index (χ1v) is 10.2. The molecule has 0 aliphatic carbocycles. The lowest BCUT2D eigenvalue weighted by molar-refractivity contribution is 0.102. The van der Waals surface area contributed by atoms with Gasteiger partial charge in [-0.15, -0.1) is 10.2 Å². The Kier molecular flexibility index (Phi) is 5.05. The maximum absolute atomic E-state index is 12.8. The molecule has 0 saturated heterocycles. The van der Waals surface area contributed by atoms with Crippen molar-refractivity contribution in [3.05, 3.63) is 65.4 Å². The van der Waals surface area contributed by atoms with Gasteiger partial charge in [-0.1, -0.05) is 55.9 Å². The van der Waals surface area contributed by atoms with Crippen LogP contribution >= 0.6 is 11.8 Å². The fraction of sp³-hybridized carbons (Fsp3) is 0.227. The number of ketones is 1. The molecule has 4 rings (SSSR count). The Labute approximate surface area is 167 Å². The standard InChI is InChI=1S/C22H21N3O2S/c1-13(2)15-8-10-16(11-9-15)21-24-25-22(27-21)28-12-19(26)20-14(3)23-18-7-5-4-6-17(18)20/h4-11,13,23H,12H2,1-3H3. The summed E-state index contributed by atoms with van der Waals surface area (Å²) in [4.78, 5) is 16.0. The van der Waals surface area contributed by atoms with Gasteiger partial charge in [-0.2, -0.15) is 0 Å². The summed E-state index contributed by atoms with van der Waals surface area (Å²) < 4.78 is 5.74. The molecule has 1 N–H and O–H groups in total. The van der Waals surface area contributed by atoms with Crippen molar-refractivity contribution in [2.24, 2.45) is 0 Å². The first-order valence-electron chi connectivity index (χ1n) is 9.20. The van der Waals surface area contributed by atoms with Gasteiger partial charge < -0.3 is 9.40 Å². The molecule has 0 fully saturated rings. The Morgan fingerprint density at radius 1 is 1.11 bits per heavy atom. The molecular formula is C22H21N3O2S. The van der Waals surface area contributed by atoms with E-state index >= 15 is 0 Å². The fourth-order valence-corrected chi connectivity index (χ4v) is 3.87. The highest BCUT2D eigenvalue weighted by molar-refractivity contribution is 7.99. The maximum Gasteiger partial charge on any atom is 0.277 e. The number of fused-ring (bicyclic) bond motifs is 1. The molecule has 2 aromatic heterocycles. The van der Waals surface area contributed by atoms with E-state index in [2.05, 4.69) is 41.2 Å². The highest BCUT2D eigenvalue weighted by Crippen LogP contribution is 2.27. The van der Waals surface area contributed by atoms with Crippen molar-refractivity contribution < 1.29 is 9.21 Å². The first-order chi connectivity index (χ1) is 13.5. The molecule has 0 saturated carbocycles. The van der Waals surface area contributed by atoms with Crippen LogP contribution in [0.15, 0.2) is 58.2 Å². The van der Waals surface area contributed by atoms with Gasteiger partial charge in [0.25, 0.3) is 5.22 Å². The summed E-state index contributed by atoms with van der Waals surface area (Å²) in [5, 5.41) is 9.53. The second kappa shape index (κ2) is 7.64. The molecule has 2 heterocycles. The molecule has 0 unspecified atom stereocenters. The molecule has 0 spiro atoms. The summed E-state index contributed by atoms with van der Waals surface area (Å²) in [6, 6.07) is 15.9. The van der Waals surface area contributed by atoms with Gasteiger partial charge in [-0.3, -0.25) is 4.79 Å². The van der Waals surface area contributed by atoms with Gasteiger partial charge in [0.2, 0.25) is 5.89 Å². The molecule has 0 aliphatic heterocycles. The van der Waals surface area contributed by atoms with Crippen LogP contribution in [0.3, 0.4) is 0 Å². The minimum Gasteiger partial charge on any atom is -0.411 e. The third-order valence-corrected chi connectivity index (χ3v) is 5.55. The third kappa shape index (κ3) is 3.60. The number of nitrogens with one attached hydrogen (secondary N) is 1. The average molecular weight is 391 g/mol. The van der Waals surface area contributed by atoms with E-state index in [1.807, 2.05) is 43.3 Å². The van der Waals surface area contributed by atoms with Crippen LogP contribution < -0.4 is 0 Å². The molecule has 0 radical (unpaired) electrons. The van der Waals surface area contributed by atoms with Crippen LogP contribution in [0, 0.1) is 6.92 Å². The normalized spacial score (nSPS) is 11.4. The fourth-order valence-electron chi connectivity index (χ4n) is 3.23.